The summed E-state index contributed by atoms with van der Waals surface area (Å²) in [4.78, 5) is 19.4. The zero-order chi connectivity index (χ0) is 14.1. The number of hydrogen-bond acceptors (Lipinski definition) is 2. The highest BCUT2D eigenvalue weighted by Gasteiger charge is 2.13. The van der Waals surface area contributed by atoms with Crippen LogP contribution in [0.2, 0.25) is 5.15 Å². The quantitative estimate of drug-likeness (QED) is 0.679. The molecule has 0 spiro atoms. The van der Waals surface area contributed by atoms with E-state index in [1.54, 1.807) is 18.5 Å². The van der Waals surface area contributed by atoms with E-state index < -0.39 is 0 Å². The minimum atomic E-state index is -0.232. The van der Waals surface area contributed by atoms with Gasteiger partial charge in [-0.25, -0.2) is 4.98 Å². The fraction of sp³-hybridized carbons (Fsp3) is 0. The van der Waals surface area contributed by atoms with Crippen LogP contribution in [0, 0.1) is 0 Å². The van der Waals surface area contributed by atoms with Gasteiger partial charge in [-0.15, -0.1) is 0 Å². The first kappa shape index (κ1) is 13.1. The third-order valence-corrected chi connectivity index (χ3v) is 3.62. The molecular formula is C14H9BrClN3O. The Bertz CT molecular complexity index is 800. The number of pyridine rings is 1. The Hall–Kier alpha value is -1.85. The van der Waals surface area contributed by atoms with Gasteiger partial charge in [-0.2, -0.15) is 0 Å². The largest absolute Gasteiger partial charge is 0.360 e. The average Bonchev–Trinajstić information content (AvgIpc) is 2.87. The first-order valence-corrected chi connectivity index (χ1v) is 7.01. The van der Waals surface area contributed by atoms with Gasteiger partial charge in [0.1, 0.15) is 0 Å². The van der Waals surface area contributed by atoms with Gasteiger partial charge in [-0.1, -0.05) is 29.8 Å². The summed E-state index contributed by atoms with van der Waals surface area (Å²) in [6.45, 7) is 0. The van der Waals surface area contributed by atoms with Gasteiger partial charge in [0.2, 0.25) is 0 Å². The molecule has 1 amide bonds. The van der Waals surface area contributed by atoms with Gasteiger partial charge < -0.3 is 10.3 Å². The van der Waals surface area contributed by atoms with Crippen molar-refractivity contribution in [1.82, 2.24) is 9.97 Å². The molecule has 2 aromatic heterocycles. The second kappa shape index (κ2) is 5.26. The number of H-pyrrole nitrogens is 1. The SMILES string of the molecule is O=C(Nc1cc(Br)cnc1Cl)c1c[nH]c2ccccc12. The highest BCUT2D eigenvalue weighted by Crippen LogP contribution is 2.25. The molecule has 0 bridgehead atoms. The van der Waals surface area contributed by atoms with Crippen molar-refractivity contribution in [2.45, 2.75) is 0 Å². The van der Waals surface area contributed by atoms with E-state index in [9.17, 15) is 4.79 Å². The molecule has 1 aromatic carbocycles. The van der Waals surface area contributed by atoms with E-state index in [-0.39, 0.29) is 11.1 Å². The van der Waals surface area contributed by atoms with Crippen LogP contribution in [-0.2, 0) is 0 Å². The molecule has 0 radical (unpaired) electrons. The molecule has 2 N–H and O–H groups in total. The third-order valence-electron chi connectivity index (χ3n) is 2.89. The van der Waals surface area contributed by atoms with Crippen LogP contribution >= 0.6 is 27.5 Å². The number of aromatic nitrogens is 2. The lowest BCUT2D eigenvalue weighted by Gasteiger charge is -2.06. The van der Waals surface area contributed by atoms with Gasteiger partial charge in [0.05, 0.1) is 11.3 Å². The second-order valence-electron chi connectivity index (χ2n) is 4.19. The summed E-state index contributed by atoms with van der Waals surface area (Å²) in [6, 6.07) is 9.32. The van der Waals surface area contributed by atoms with Gasteiger partial charge in [-0.05, 0) is 28.1 Å². The second-order valence-corrected chi connectivity index (χ2v) is 5.47. The van der Waals surface area contributed by atoms with E-state index in [0.717, 1.165) is 15.4 Å². The number of amides is 1. The van der Waals surface area contributed by atoms with Crippen molar-refractivity contribution in [3.05, 3.63) is 57.9 Å². The van der Waals surface area contributed by atoms with Crippen LogP contribution in [0.15, 0.2) is 47.2 Å². The number of nitrogens with zero attached hydrogens (tertiary/aromatic N) is 1. The number of nitrogens with one attached hydrogen (secondary N) is 2. The van der Waals surface area contributed by atoms with Crippen molar-refractivity contribution in [2.75, 3.05) is 5.32 Å². The maximum absolute atomic E-state index is 12.3. The Labute approximate surface area is 128 Å². The molecular weight excluding hydrogens is 342 g/mol. The van der Waals surface area contributed by atoms with Crippen LogP contribution in [0.1, 0.15) is 10.4 Å². The molecule has 0 fully saturated rings. The standard InChI is InChI=1S/C14H9BrClN3O/c15-8-5-12(13(16)18-6-8)19-14(20)10-7-17-11-4-2-1-3-9(10)11/h1-7,17H,(H,19,20). The van der Waals surface area contributed by atoms with E-state index in [4.69, 9.17) is 11.6 Å². The van der Waals surface area contributed by atoms with E-state index in [1.807, 2.05) is 24.3 Å². The molecule has 3 rings (SSSR count). The molecule has 0 unspecified atom stereocenters. The monoisotopic (exact) mass is 349 g/mol. The fourth-order valence-corrected chi connectivity index (χ4v) is 2.44. The molecule has 0 atom stereocenters. The number of rotatable bonds is 2. The summed E-state index contributed by atoms with van der Waals surface area (Å²) in [6.07, 6.45) is 3.25. The van der Waals surface area contributed by atoms with E-state index in [0.29, 0.717) is 11.3 Å². The highest BCUT2D eigenvalue weighted by molar-refractivity contribution is 9.10. The molecule has 20 heavy (non-hydrogen) atoms. The molecule has 6 heteroatoms. The maximum atomic E-state index is 12.3. The molecule has 2 heterocycles. The van der Waals surface area contributed by atoms with Crippen LogP contribution in [0.25, 0.3) is 10.9 Å². The predicted molar refractivity (Wildman–Crippen MR) is 83.2 cm³/mol. The van der Waals surface area contributed by atoms with Gasteiger partial charge in [0.25, 0.3) is 5.91 Å². The Morgan fingerprint density at radius 2 is 2.15 bits per heavy atom. The van der Waals surface area contributed by atoms with Gasteiger partial charge in [0, 0.05) is 27.8 Å². The number of carbonyl (C=O) groups is 1. The van der Waals surface area contributed by atoms with Crippen molar-refractivity contribution < 1.29 is 4.79 Å². The number of fused-ring (bicyclic) bond motifs is 1. The highest BCUT2D eigenvalue weighted by atomic mass is 79.9. The van der Waals surface area contributed by atoms with Crippen LogP contribution in [0.4, 0.5) is 5.69 Å². The van der Waals surface area contributed by atoms with Crippen LogP contribution in [0.5, 0.6) is 0 Å². The maximum Gasteiger partial charge on any atom is 0.257 e. The number of hydrogen-bond donors (Lipinski definition) is 2. The topological polar surface area (TPSA) is 57.8 Å². The zero-order valence-corrected chi connectivity index (χ0v) is 12.5. The first-order chi connectivity index (χ1) is 9.65. The average molecular weight is 351 g/mol. The Morgan fingerprint density at radius 3 is 3.00 bits per heavy atom. The first-order valence-electron chi connectivity index (χ1n) is 5.83. The van der Waals surface area contributed by atoms with Crippen molar-refractivity contribution >= 4 is 50.0 Å². The summed E-state index contributed by atoms with van der Waals surface area (Å²) in [5.74, 6) is -0.232. The molecule has 0 saturated heterocycles. The molecule has 4 nitrogen and oxygen atoms in total. The minimum Gasteiger partial charge on any atom is -0.360 e. The predicted octanol–water partition coefficient (Wildman–Crippen LogP) is 4.23. The summed E-state index contributed by atoms with van der Waals surface area (Å²) >= 11 is 9.26. The summed E-state index contributed by atoms with van der Waals surface area (Å²) in [7, 11) is 0. The number of anilines is 1. The van der Waals surface area contributed by atoms with Crippen LogP contribution in [-0.4, -0.2) is 15.9 Å². The summed E-state index contributed by atoms with van der Waals surface area (Å²) < 4.78 is 0.746. The van der Waals surface area contributed by atoms with Crippen molar-refractivity contribution in [2.24, 2.45) is 0 Å². The van der Waals surface area contributed by atoms with E-state index in [1.165, 1.54) is 0 Å². The third kappa shape index (κ3) is 2.42. The zero-order valence-electron chi connectivity index (χ0n) is 10.2. The molecule has 3 aromatic rings. The Kier molecular flexibility index (Phi) is 3.46. The summed E-state index contributed by atoms with van der Waals surface area (Å²) in [5.41, 5.74) is 1.95. The molecule has 100 valence electrons. The van der Waals surface area contributed by atoms with E-state index in [2.05, 4.69) is 31.2 Å². The smallest absolute Gasteiger partial charge is 0.257 e. The fourth-order valence-electron chi connectivity index (χ4n) is 1.96. The molecule has 0 aliphatic rings. The normalized spacial score (nSPS) is 10.7. The Balaban J connectivity index is 1.95. The van der Waals surface area contributed by atoms with E-state index >= 15 is 0 Å². The minimum absolute atomic E-state index is 0.232. The van der Waals surface area contributed by atoms with Gasteiger partial charge in [0.15, 0.2) is 5.15 Å². The lowest BCUT2D eigenvalue weighted by molar-refractivity contribution is 0.102. The van der Waals surface area contributed by atoms with Gasteiger partial charge >= 0.3 is 0 Å². The lowest BCUT2D eigenvalue weighted by atomic mass is 10.1. The molecule has 0 aliphatic heterocycles. The molecule has 0 aliphatic carbocycles. The van der Waals surface area contributed by atoms with Crippen molar-refractivity contribution in [1.29, 1.82) is 0 Å². The number of aromatic amines is 1. The van der Waals surface area contributed by atoms with Crippen molar-refractivity contribution in [3.8, 4) is 0 Å². The van der Waals surface area contributed by atoms with Crippen LogP contribution in [0.3, 0.4) is 0 Å². The Morgan fingerprint density at radius 1 is 1.35 bits per heavy atom. The van der Waals surface area contributed by atoms with Gasteiger partial charge in [-0.3, -0.25) is 4.79 Å². The lowest BCUT2D eigenvalue weighted by Crippen LogP contribution is -2.12. The number of carbonyl (C=O) groups excluding carboxylic acids is 1. The number of para-hydroxylation sites is 1. The molecule has 0 saturated carbocycles. The van der Waals surface area contributed by atoms with Crippen molar-refractivity contribution in [3.63, 3.8) is 0 Å². The summed E-state index contributed by atoms with van der Waals surface area (Å²) in [5, 5.41) is 3.88. The van der Waals surface area contributed by atoms with Crippen LogP contribution < -0.4 is 5.32 Å². The number of halogens is 2. The number of benzene rings is 1.